The zero-order valence-corrected chi connectivity index (χ0v) is 15.5. The third-order valence-electron chi connectivity index (χ3n) is 4.32. The molecule has 2 aromatic carbocycles. The molecule has 1 aromatic heterocycles. The molecule has 0 saturated carbocycles. The van der Waals surface area contributed by atoms with E-state index < -0.39 is 17.7 Å². The number of fused-ring (bicyclic) bond motifs is 1. The highest BCUT2D eigenvalue weighted by atomic mass is 35.5. The van der Waals surface area contributed by atoms with Crippen molar-refractivity contribution < 1.29 is 23.8 Å². The molecule has 0 amide bonds. The van der Waals surface area contributed by atoms with Gasteiger partial charge in [-0.1, -0.05) is 11.6 Å². The van der Waals surface area contributed by atoms with Gasteiger partial charge >= 0.3 is 5.97 Å². The Labute approximate surface area is 159 Å². The van der Waals surface area contributed by atoms with Crippen LogP contribution < -0.4 is 0 Å². The number of phenols is 1. The standard InChI is InChI=1S/C20H17ClFNO4/c1-3-27-19(25)9-14-11(2)23(17-10-16(21)18(24)8-15(14)17)20(26)12-4-6-13(22)7-5-12/h4-8,10,24H,3,9H2,1-2H3. The number of nitrogens with zero attached hydrogens (tertiary/aromatic N) is 1. The van der Waals surface area contributed by atoms with Crippen LogP contribution in [0.5, 0.6) is 5.75 Å². The second-order valence-electron chi connectivity index (χ2n) is 6.01. The van der Waals surface area contributed by atoms with Gasteiger partial charge in [0, 0.05) is 16.6 Å². The fraction of sp³-hybridized carbons (Fsp3) is 0.200. The largest absolute Gasteiger partial charge is 0.506 e. The SMILES string of the molecule is CCOC(=O)Cc1c(C)n(C(=O)c2ccc(F)cc2)c2cc(Cl)c(O)cc12. The lowest BCUT2D eigenvalue weighted by Gasteiger charge is -2.08. The van der Waals surface area contributed by atoms with E-state index in [0.29, 0.717) is 22.2 Å². The highest BCUT2D eigenvalue weighted by Gasteiger charge is 2.23. The van der Waals surface area contributed by atoms with Gasteiger partial charge in [-0.15, -0.1) is 0 Å². The number of aromatic hydroxyl groups is 1. The maximum atomic E-state index is 13.2. The molecule has 3 aromatic rings. The summed E-state index contributed by atoms with van der Waals surface area (Å²) in [4.78, 5) is 25.0. The van der Waals surface area contributed by atoms with Gasteiger partial charge in [-0.3, -0.25) is 14.2 Å². The van der Waals surface area contributed by atoms with Crippen LogP contribution in [0.4, 0.5) is 4.39 Å². The van der Waals surface area contributed by atoms with Crippen molar-refractivity contribution in [2.45, 2.75) is 20.3 Å². The summed E-state index contributed by atoms with van der Waals surface area (Å²) in [6, 6.07) is 8.06. The van der Waals surface area contributed by atoms with E-state index in [1.807, 2.05) is 0 Å². The van der Waals surface area contributed by atoms with Crippen LogP contribution in [0.3, 0.4) is 0 Å². The number of esters is 1. The first kappa shape index (κ1) is 18.9. The molecule has 3 rings (SSSR count). The maximum Gasteiger partial charge on any atom is 0.310 e. The lowest BCUT2D eigenvalue weighted by molar-refractivity contribution is -0.142. The van der Waals surface area contributed by atoms with Crippen LogP contribution in [0, 0.1) is 12.7 Å². The van der Waals surface area contributed by atoms with E-state index in [1.54, 1.807) is 13.8 Å². The first-order chi connectivity index (χ1) is 12.8. The third-order valence-corrected chi connectivity index (χ3v) is 4.63. The van der Waals surface area contributed by atoms with E-state index in [2.05, 4.69) is 0 Å². The van der Waals surface area contributed by atoms with Crippen molar-refractivity contribution in [1.82, 2.24) is 4.57 Å². The van der Waals surface area contributed by atoms with Gasteiger partial charge in [0.05, 0.1) is 23.6 Å². The molecule has 0 aliphatic rings. The minimum atomic E-state index is -0.448. The average Bonchev–Trinajstić information content (AvgIpc) is 2.87. The van der Waals surface area contributed by atoms with E-state index in [4.69, 9.17) is 16.3 Å². The fourth-order valence-electron chi connectivity index (χ4n) is 3.05. The highest BCUT2D eigenvalue weighted by molar-refractivity contribution is 6.33. The molecule has 0 aliphatic carbocycles. The number of halogens is 2. The molecule has 27 heavy (non-hydrogen) atoms. The summed E-state index contributed by atoms with van der Waals surface area (Å²) >= 11 is 6.03. The topological polar surface area (TPSA) is 68.5 Å². The summed E-state index contributed by atoms with van der Waals surface area (Å²) < 4.78 is 19.6. The van der Waals surface area contributed by atoms with Crippen molar-refractivity contribution in [3.8, 4) is 5.75 Å². The Morgan fingerprint density at radius 2 is 1.89 bits per heavy atom. The second kappa shape index (κ2) is 7.40. The molecule has 0 radical (unpaired) electrons. The summed E-state index contributed by atoms with van der Waals surface area (Å²) in [5.74, 6) is -1.44. The van der Waals surface area contributed by atoms with Crippen LogP contribution >= 0.6 is 11.6 Å². The summed E-state index contributed by atoms with van der Waals surface area (Å²) in [6.07, 6.45) is -0.0546. The molecule has 0 saturated heterocycles. The summed E-state index contributed by atoms with van der Waals surface area (Å²) in [5.41, 5.74) is 1.81. The second-order valence-corrected chi connectivity index (χ2v) is 6.42. The summed E-state index contributed by atoms with van der Waals surface area (Å²) in [5, 5.41) is 10.6. The van der Waals surface area contributed by atoms with E-state index in [-0.39, 0.29) is 29.4 Å². The molecule has 140 valence electrons. The zero-order valence-electron chi connectivity index (χ0n) is 14.8. The number of carbonyl (C=O) groups is 2. The smallest absolute Gasteiger partial charge is 0.310 e. The number of ether oxygens (including phenoxy) is 1. The van der Waals surface area contributed by atoms with Gasteiger partial charge < -0.3 is 9.84 Å². The molecule has 1 heterocycles. The molecule has 0 atom stereocenters. The van der Waals surface area contributed by atoms with Crippen LogP contribution in [0.1, 0.15) is 28.5 Å². The van der Waals surface area contributed by atoms with E-state index >= 15 is 0 Å². The Balaban J connectivity index is 2.21. The lowest BCUT2D eigenvalue weighted by Crippen LogP contribution is -2.14. The zero-order chi connectivity index (χ0) is 19.7. The van der Waals surface area contributed by atoms with Crippen molar-refractivity contribution in [3.05, 3.63) is 64.1 Å². The maximum absolute atomic E-state index is 13.2. The Morgan fingerprint density at radius 3 is 2.52 bits per heavy atom. The van der Waals surface area contributed by atoms with E-state index in [1.165, 1.54) is 41.0 Å². The van der Waals surface area contributed by atoms with Crippen molar-refractivity contribution in [3.63, 3.8) is 0 Å². The van der Waals surface area contributed by atoms with Gasteiger partial charge in [-0.25, -0.2) is 4.39 Å². The molecule has 1 N–H and O–H groups in total. The van der Waals surface area contributed by atoms with Crippen molar-refractivity contribution in [1.29, 1.82) is 0 Å². The number of phenolic OH excluding ortho intramolecular Hbond substituents is 1. The van der Waals surface area contributed by atoms with Crippen LogP contribution in [0.25, 0.3) is 10.9 Å². The molecule has 0 fully saturated rings. The Hall–Kier alpha value is -2.86. The third kappa shape index (κ3) is 3.53. The van der Waals surface area contributed by atoms with Crippen molar-refractivity contribution in [2.24, 2.45) is 0 Å². The number of hydrogen-bond donors (Lipinski definition) is 1. The predicted octanol–water partition coefficient (Wildman–Crippen LogP) is 4.24. The normalized spacial score (nSPS) is 11.0. The Morgan fingerprint density at radius 1 is 1.22 bits per heavy atom. The first-order valence-electron chi connectivity index (χ1n) is 8.31. The van der Waals surface area contributed by atoms with E-state index in [9.17, 15) is 19.1 Å². The van der Waals surface area contributed by atoms with Gasteiger partial charge in [0.2, 0.25) is 0 Å². The van der Waals surface area contributed by atoms with Crippen molar-refractivity contribution in [2.75, 3.05) is 6.61 Å². The molecule has 0 unspecified atom stereocenters. The Kier molecular flexibility index (Phi) is 5.19. The average molecular weight is 390 g/mol. The summed E-state index contributed by atoms with van der Waals surface area (Å²) in [6.45, 7) is 3.64. The molecule has 5 nitrogen and oxygen atoms in total. The number of hydrogen-bond acceptors (Lipinski definition) is 4. The lowest BCUT2D eigenvalue weighted by atomic mass is 10.1. The number of carbonyl (C=O) groups excluding carboxylic acids is 2. The molecular weight excluding hydrogens is 373 g/mol. The number of rotatable bonds is 4. The van der Waals surface area contributed by atoms with Gasteiger partial charge in [-0.2, -0.15) is 0 Å². The number of benzene rings is 2. The minimum Gasteiger partial charge on any atom is -0.506 e. The van der Waals surface area contributed by atoms with E-state index in [0.717, 1.165) is 0 Å². The first-order valence-corrected chi connectivity index (χ1v) is 8.69. The molecule has 0 bridgehead atoms. The highest BCUT2D eigenvalue weighted by Crippen LogP contribution is 2.35. The van der Waals surface area contributed by atoms with Crippen molar-refractivity contribution >= 4 is 34.4 Å². The van der Waals surface area contributed by atoms with Crippen LogP contribution in [0.2, 0.25) is 5.02 Å². The van der Waals surface area contributed by atoms with Gasteiger partial charge in [0.15, 0.2) is 0 Å². The van der Waals surface area contributed by atoms with Crippen LogP contribution in [-0.4, -0.2) is 28.2 Å². The van der Waals surface area contributed by atoms with Gasteiger partial charge in [-0.05, 0) is 55.8 Å². The predicted molar refractivity (Wildman–Crippen MR) is 99.8 cm³/mol. The monoisotopic (exact) mass is 389 g/mol. The van der Waals surface area contributed by atoms with Crippen LogP contribution in [-0.2, 0) is 16.0 Å². The van der Waals surface area contributed by atoms with Gasteiger partial charge in [0.25, 0.3) is 5.91 Å². The Bertz CT molecular complexity index is 1040. The minimum absolute atomic E-state index is 0.0546. The van der Waals surface area contributed by atoms with Crippen LogP contribution in [0.15, 0.2) is 36.4 Å². The number of aromatic nitrogens is 1. The summed E-state index contributed by atoms with van der Waals surface area (Å²) in [7, 11) is 0. The van der Waals surface area contributed by atoms with Gasteiger partial charge in [0.1, 0.15) is 11.6 Å². The molecule has 7 heteroatoms. The quantitative estimate of drug-likeness (QED) is 0.677. The molecule has 0 spiro atoms. The molecule has 0 aliphatic heterocycles. The fourth-order valence-corrected chi connectivity index (χ4v) is 3.21. The molecular formula is C20H17ClFNO4.